The van der Waals surface area contributed by atoms with Crippen LogP contribution in [0.2, 0.25) is 0 Å². The number of aryl methyl sites for hydroxylation is 1. The number of aliphatic hydroxyl groups excluding tert-OH is 1. The van der Waals surface area contributed by atoms with Crippen molar-refractivity contribution in [1.82, 2.24) is 9.88 Å². The van der Waals surface area contributed by atoms with Crippen molar-refractivity contribution >= 4 is 10.9 Å². The number of fused-ring (bicyclic) bond motifs is 1. The number of hydrogen-bond donors (Lipinski definition) is 3. The van der Waals surface area contributed by atoms with E-state index in [-0.39, 0.29) is 12.6 Å². The highest BCUT2D eigenvalue weighted by Gasteiger charge is 2.12. The fraction of sp³-hybridized carbons (Fsp3) is 0.429. The molecule has 18 heavy (non-hydrogen) atoms. The molecule has 1 heterocycles. The van der Waals surface area contributed by atoms with Crippen LogP contribution in [0, 0.1) is 6.92 Å². The molecule has 0 aliphatic heterocycles. The molecule has 0 saturated heterocycles. The molecule has 0 amide bonds. The van der Waals surface area contributed by atoms with Crippen LogP contribution in [0.4, 0.5) is 0 Å². The molecule has 4 N–H and O–H groups in total. The molecule has 4 nitrogen and oxygen atoms in total. The van der Waals surface area contributed by atoms with E-state index in [1.807, 2.05) is 13.1 Å². The number of hydrogen-bond acceptors (Lipinski definition) is 3. The minimum absolute atomic E-state index is 0.0250. The van der Waals surface area contributed by atoms with Crippen molar-refractivity contribution in [3.63, 3.8) is 0 Å². The summed E-state index contributed by atoms with van der Waals surface area (Å²) < 4.78 is 0. The topological polar surface area (TPSA) is 65.3 Å². The van der Waals surface area contributed by atoms with Crippen LogP contribution in [0.5, 0.6) is 0 Å². The van der Waals surface area contributed by atoms with Crippen molar-refractivity contribution < 1.29 is 5.11 Å². The summed E-state index contributed by atoms with van der Waals surface area (Å²) in [5.74, 6) is 0. The van der Waals surface area contributed by atoms with Gasteiger partial charge in [-0.05, 0) is 25.6 Å². The monoisotopic (exact) mass is 247 g/mol. The molecule has 1 unspecified atom stereocenters. The summed E-state index contributed by atoms with van der Waals surface area (Å²) in [6.07, 6.45) is 0. The first-order valence-electron chi connectivity index (χ1n) is 6.23. The van der Waals surface area contributed by atoms with Crippen LogP contribution in [-0.4, -0.2) is 41.2 Å². The summed E-state index contributed by atoms with van der Waals surface area (Å²) in [5, 5.41) is 10.2. The van der Waals surface area contributed by atoms with E-state index in [4.69, 9.17) is 10.8 Å². The van der Waals surface area contributed by atoms with Gasteiger partial charge in [0.2, 0.25) is 0 Å². The second kappa shape index (κ2) is 5.52. The Hall–Kier alpha value is -1.36. The Morgan fingerprint density at radius 2 is 2.11 bits per heavy atom. The normalized spacial score (nSPS) is 13.4. The fourth-order valence-corrected chi connectivity index (χ4v) is 2.33. The SMILES string of the molecule is Cc1[nH]c2ccccc2c1CN(C)CC(N)CO. The summed E-state index contributed by atoms with van der Waals surface area (Å²) in [4.78, 5) is 5.53. The molecule has 0 radical (unpaired) electrons. The molecular weight excluding hydrogens is 226 g/mol. The van der Waals surface area contributed by atoms with E-state index in [1.54, 1.807) is 0 Å². The molecule has 2 aromatic rings. The van der Waals surface area contributed by atoms with E-state index < -0.39 is 0 Å². The lowest BCUT2D eigenvalue weighted by molar-refractivity contribution is 0.218. The van der Waals surface area contributed by atoms with Crippen molar-refractivity contribution in [2.75, 3.05) is 20.2 Å². The minimum Gasteiger partial charge on any atom is -0.395 e. The molecule has 0 spiro atoms. The van der Waals surface area contributed by atoms with Gasteiger partial charge in [0.1, 0.15) is 0 Å². The number of rotatable bonds is 5. The average molecular weight is 247 g/mol. The lowest BCUT2D eigenvalue weighted by atomic mass is 10.1. The van der Waals surface area contributed by atoms with Crippen molar-refractivity contribution in [2.24, 2.45) is 5.73 Å². The number of aromatic amines is 1. The Morgan fingerprint density at radius 1 is 1.39 bits per heavy atom. The van der Waals surface area contributed by atoms with Crippen molar-refractivity contribution in [1.29, 1.82) is 0 Å². The van der Waals surface area contributed by atoms with E-state index >= 15 is 0 Å². The van der Waals surface area contributed by atoms with Gasteiger partial charge in [-0.2, -0.15) is 0 Å². The number of likely N-dealkylation sites (N-methyl/N-ethyl adjacent to an activating group) is 1. The van der Waals surface area contributed by atoms with Gasteiger partial charge in [0.15, 0.2) is 0 Å². The maximum atomic E-state index is 8.98. The highest BCUT2D eigenvalue weighted by molar-refractivity contribution is 5.84. The molecule has 1 aromatic heterocycles. The molecular formula is C14H21N3O. The van der Waals surface area contributed by atoms with E-state index in [0.717, 1.165) is 6.54 Å². The summed E-state index contributed by atoms with van der Waals surface area (Å²) in [7, 11) is 2.02. The maximum absolute atomic E-state index is 8.98. The first-order valence-corrected chi connectivity index (χ1v) is 6.23. The largest absolute Gasteiger partial charge is 0.395 e. The number of nitrogens with one attached hydrogen (secondary N) is 1. The molecule has 0 saturated carbocycles. The number of nitrogens with two attached hydrogens (primary N) is 1. The third-order valence-corrected chi connectivity index (χ3v) is 3.24. The van der Waals surface area contributed by atoms with Crippen LogP contribution in [-0.2, 0) is 6.54 Å². The van der Waals surface area contributed by atoms with Crippen LogP contribution in [0.15, 0.2) is 24.3 Å². The Labute approximate surface area is 107 Å². The summed E-state index contributed by atoms with van der Waals surface area (Å²) in [6.45, 7) is 3.64. The Morgan fingerprint density at radius 3 is 2.83 bits per heavy atom. The number of aliphatic hydroxyl groups is 1. The molecule has 0 fully saturated rings. The minimum atomic E-state index is -0.180. The van der Waals surface area contributed by atoms with Crippen LogP contribution >= 0.6 is 0 Å². The van der Waals surface area contributed by atoms with Gasteiger partial charge < -0.3 is 20.7 Å². The van der Waals surface area contributed by atoms with Gasteiger partial charge in [-0.25, -0.2) is 0 Å². The quantitative estimate of drug-likeness (QED) is 0.744. The first kappa shape index (κ1) is 13.1. The molecule has 98 valence electrons. The van der Waals surface area contributed by atoms with Crippen LogP contribution in [0.1, 0.15) is 11.3 Å². The Bertz CT molecular complexity index is 521. The molecule has 4 heteroatoms. The van der Waals surface area contributed by atoms with Gasteiger partial charge in [-0.3, -0.25) is 0 Å². The lowest BCUT2D eigenvalue weighted by Gasteiger charge is -2.20. The van der Waals surface area contributed by atoms with E-state index in [9.17, 15) is 0 Å². The van der Waals surface area contributed by atoms with Gasteiger partial charge in [0.25, 0.3) is 0 Å². The molecule has 0 bridgehead atoms. The zero-order valence-corrected chi connectivity index (χ0v) is 11.0. The predicted octanol–water partition coefficient (Wildman–Crippen LogP) is 1.23. The Balaban J connectivity index is 2.18. The van der Waals surface area contributed by atoms with Gasteiger partial charge in [-0.1, -0.05) is 18.2 Å². The van der Waals surface area contributed by atoms with E-state index in [2.05, 4.69) is 35.0 Å². The van der Waals surface area contributed by atoms with Crippen molar-refractivity contribution in [2.45, 2.75) is 19.5 Å². The molecule has 0 aliphatic rings. The van der Waals surface area contributed by atoms with Gasteiger partial charge in [0.05, 0.1) is 6.61 Å². The zero-order chi connectivity index (χ0) is 13.1. The van der Waals surface area contributed by atoms with Gasteiger partial charge >= 0.3 is 0 Å². The summed E-state index contributed by atoms with van der Waals surface area (Å²) in [6, 6.07) is 8.13. The third-order valence-electron chi connectivity index (χ3n) is 3.24. The Kier molecular flexibility index (Phi) is 4.01. The van der Waals surface area contributed by atoms with Crippen LogP contribution in [0.25, 0.3) is 10.9 Å². The average Bonchev–Trinajstić information content (AvgIpc) is 2.66. The van der Waals surface area contributed by atoms with Crippen LogP contribution < -0.4 is 5.73 Å². The molecule has 0 aliphatic carbocycles. The number of H-pyrrole nitrogens is 1. The highest BCUT2D eigenvalue weighted by Crippen LogP contribution is 2.22. The number of aromatic nitrogens is 1. The van der Waals surface area contributed by atoms with Gasteiger partial charge in [0, 0.05) is 35.7 Å². The summed E-state index contributed by atoms with van der Waals surface area (Å²) >= 11 is 0. The predicted molar refractivity (Wildman–Crippen MR) is 74.4 cm³/mol. The van der Waals surface area contributed by atoms with E-state index in [0.29, 0.717) is 6.54 Å². The zero-order valence-electron chi connectivity index (χ0n) is 11.0. The molecule has 1 aromatic carbocycles. The highest BCUT2D eigenvalue weighted by atomic mass is 16.3. The van der Waals surface area contributed by atoms with Crippen molar-refractivity contribution in [3.05, 3.63) is 35.5 Å². The summed E-state index contributed by atoms with van der Waals surface area (Å²) in [5.41, 5.74) is 9.42. The third kappa shape index (κ3) is 2.72. The fourth-order valence-electron chi connectivity index (χ4n) is 2.33. The number of nitrogens with zero attached hydrogens (tertiary/aromatic N) is 1. The lowest BCUT2D eigenvalue weighted by Crippen LogP contribution is -2.37. The first-order chi connectivity index (χ1) is 8.61. The number of para-hydroxylation sites is 1. The molecule has 2 rings (SSSR count). The second-order valence-corrected chi connectivity index (χ2v) is 4.91. The standard InChI is InChI=1S/C14H21N3O/c1-10-13(8-17(2)7-11(15)9-18)12-5-3-4-6-14(12)16-10/h3-6,11,16,18H,7-9,15H2,1-2H3. The smallest absolute Gasteiger partial charge is 0.0595 e. The molecule has 1 atom stereocenters. The van der Waals surface area contributed by atoms with E-state index in [1.165, 1.54) is 22.2 Å². The van der Waals surface area contributed by atoms with Crippen LogP contribution in [0.3, 0.4) is 0 Å². The number of benzene rings is 1. The van der Waals surface area contributed by atoms with Crippen molar-refractivity contribution in [3.8, 4) is 0 Å². The van der Waals surface area contributed by atoms with Gasteiger partial charge in [-0.15, -0.1) is 0 Å². The second-order valence-electron chi connectivity index (χ2n) is 4.91. The maximum Gasteiger partial charge on any atom is 0.0595 e.